The molecular weight excluding hydrogens is 600 g/mol. The second-order valence-electron chi connectivity index (χ2n) is 8.76. The summed E-state index contributed by atoms with van der Waals surface area (Å²) in [6, 6.07) is 6.87. The summed E-state index contributed by atoms with van der Waals surface area (Å²) in [5, 5.41) is 21.9. The normalized spacial score (nSPS) is 21.4. The third-order valence-corrected chi connectivity index (χ3v) is 6.83. The third-order valence-electron chi connectivity index (χ3n) is 6.21. The molecule has 1 aliphatic carbocycles. The van der Waals surface area contributed by atoms with Crippen molar-refractivity contribution >= 4 is 40.0 Å². The monoisotopic (exact) mass is 628 g/mol. The van der Waals surface area contributed by atoms with Gasteiger partial charge in [-0.25, -0.2) is 18.2 Å². The van der Waals surface area contributed by atoms with E-state index in [2.05, 4.69) is 21.9 Å². The minimum Gasteiger partial charge on any atom is -0.394 e. The number of nitrogens with zero attached hydrogens (tertiary/aromatic N) is 2. The Bertz CT molecular complexity index is 1220. The van der Waals surface area contributed by atoms with E-state index in [1.807, 2.05) is 22.6 Å². The summed E-state index contributed by atoms with van der Waals surface area (Å²) < 4.78 is 43.4. The first kappa shape index (κ1) is 28.8. The lowest BCUT2D eigenvalue weighted by Gasteiger charge is -2.28. The van der Waals surface area contributed by atoms with Crippen LogP contribution in [0.25, 0.3) is 0 Å². The highest BCUT2D eigenvalue weighted by atomic mass is 127. The SMILES string of the molecule is C=C(/N=C(\C(N)=N/C)c1ccc(C(=O)N[C@H](CO)c2cc(F)cc(I)c2)c(F)c1)[C@@H]1CC[C@@H](O)[C@H](F)C1. The topological polar surface area (TPSA) is 120 Å². The number of amides is 1. The minimum absolute atomic E-state index is 0.00792. The van der Waals surface area contributed by atoms with Gasteiger partial charge in [-0.3, -0.25) is 9.79 Å². The number of nitrogens with one attached hydrogen (secondary N) is 1. The fourth-order valence-corrected chi connectivity index (χ4v) is 4.76. The van der Waals surface area contributed by atoms with E-state index in [0.717, 1.165) is 6.07 Å². The number of allylic oxidation sites excluding steroid dienone is 1. The minimum atomic E-state index is -1.39. The predicted octanol–water partition coefficient (Wildman–Crippen LogP) is 3.82. The molecule has 1 amide bonds. The number of hydrogen-bond donors (Lipinski definition) is 4. The number of aliphatic hydroxyl groups is 2. The lowest BCUT2D eigenvalue weighted by Crippen LogP contribution is -2.32. The Hall–Kier alpha value is -2.77. The number of carbonyl (C=O) groups is 1. The van der Waals surface area contributed by atoms with Gasteiger partial charge < -0.3 is 21.3 Å². The van der Waals surface area contributed by atoms with Crippen LogP contribution in [0.3, 0.4) is 0 Å². The molecule has 1 saturated carbocycles. The van der Waals surface area contributed by atoms with Crippen LogP contribution < -0.4 is 11.1 Å². The van der Waals surface area contributed by atoms with Crippen molar-refractivity contribution in [1.29, 1.82) is 0 Å². The molecular formula is C26H28F3IN4O3. The van der Waals surface area contributed by atoms with Gasteiger partial charge >= 0.3 is 0 Å². The molecule has 5 N–H and O–H groups in total. The first-order valence-electron chi connectivity index (χ1n) is 11.5. The van der Waals surface area contributed by atoms with E-state index in [1.165, 1.54) is 31.3 Å². The molecule has 0 aromatic heterocycles. The van der Waals surface area contributed by atoms with Crippen LogP contribution in [0, 0.1) is 21.1 Å². The van der Waals surface area contributed by atoms with E-state index in [0.29, 0.717) is 21.3 Å². The molecule has 0 aliphatic heterocycles. The first-order valence-corrected chi connectivity index (χ1v) is 12.6. The molecule has 1 aliphatic rings. The van der Waals surface area contributed by atoms with Gasteiger partial charge in [0.25, 0.3) is 5.91 Å². The van der Waals surface area contributed by atoms with E-state index in [1.54, 1.807) is 6.07 Å². The number of aliphatic hydroxyl groups excluding tert-OH is 2. The van der Waals surface area contributed by atoms with Crippen molar-refractivity contribution in [2.24, 2.45) is 21.6 Å². The quantitative estimate of drug-likeness (QED) is 0.202. The molecule has 0 saturated heterocycles. The molecule has 198 valence electrons. The van der Waals surface area contributed by atoms with Crippen LogP contribution >= 0.6 is 22.6 Å². The summed E-state index contributed by atoms with van der Waals surface area (Å²) in [5.74, 6) is -2.55. The molecule has 2 aromatic carbocycles. The van der Waals surface area contributed by atoms with Crippen LogP contribution in [-0.2, 0) is 0 Å². The van der Waals surface area contributed by atoms with E-state index in [4.69, 9.17) is 5.73 Å². The van der Waals surface area contributed by atoms with Gasteiger partial charge in [0.05, 0.1) is 24.3 Å². The van der Waals surface area contributed by atoms with Gasteiger partial charge in [0.1, 0.15) is 29.4 Å². The summed E-state index contributed by atoms with van der Waals surface area (Å²) in [6.45, 7) is 3.39. The van der Waals surface area contributed by atoms with Crippen molar-refractivity contribution in [3.8, 4) is 0 Å². The second kappa shape index (κ2) is 12.7. The van der Waals surface area contributed by atoms with Gasteiger partial charge in [0.15, 0.2) is 0 Å². The number of benzene rings is 2. The zero-order chi connectivity index (χ0) is 27.3. The lowest BCUT2D eigenvalue weighted by molar-refractivity contribution is 0.0305. The summed E-state index contributed by atoms with van der Waals surface area (Å²) in [7, 11) is 1.43. The van der Waals surface area contributed by atoms with Gasteiger partial charge in [-0.2, -0.15) is 0 Å². The first-order chi connectivity index (χ1) is 17.5. The molecule has 0 bridgehead atoms. The third kappa shape index (κ3) is 7.17. The smallest absolute Gasteiger partial charge is 0.254 e. The number of hydrogen-bond acceptors (Lipinski definition) is 5. The number of carbonyl (C=O) groups excluding carboxylic acids is 1. The van der Waals surface area contributed by atoms with Crippen LogP contribution in [0.5, 0.6) is 0 Å². The van der Waals surface area contributed by atoms with Crippen molar-refractivity contribution in [1.82, 2.24) is 5.32 Å². The lowest BCUT2D eigenvalue weighted by atomic mass is 9.84. The highest BCUT2D eigenvalue weighted by Crippen LogP contribution is 2.32. The molecule has 0 spiro atoms. The largest absolute Gasteiger partial charge is 0.394 e. The van der Waals surface area contributed by atoms with Crippen molar-refractivity contribution < 1.29 is 28.2 Å². The fourth-order valence-electron chi connectivity index (χ4n) is 4.11. The molecule has 0 heterocycles. The van der Waals surface area contributed by atoms with E-state index in [-0.39, 0.29) is 41.4 Å². The zero-order valence-electron chi connectivity index (χ0n) is 20.1. The average Bonchev–Trinajstić information content (AvgIpc) is 2.85. The molecule has 37 heavy (non-hydrogen) atoms. The van der Waals surface area contributed by atoms with Gasteiger partial charge in [-0.05, 0) is 77.7 Å². The van der Waals surface area contributed by atoms with Crippen molar-refractivity contribution in [2.45, 2.75) is 37.6 Å². The van der Waals surface area contributed by atoms with Gasteiger partial charge in [-0.15, -0.1) is 0 Å². The second-order valence-corrected chi connectivity index (χ2v) is 10.0. The molecule has 1 fully saturated rings. The van der Waals surface area contributed by atoms with Crippen molar-refractivity contribution in [3.05, 3.63) is 80.6 Å². The van der Waals surface area contributed by atoms with Crippen LogP contribution in [-0.4, -0.2) is 53.6 Å². The van der Waals surface area contributed by atoms with E-state index >= 15 is 4.39 Å². The summed E-state index contributed by atoms with van der Waals surface area (Å²) in [6.07, 6.45) is -1.58. The van der Waals surface area contributed by atoms with Crippen molar-refractivity contribution in [2.75, 3.05) is 13.7 Å². The number of nitrogens with two attached hydrogens (primary N) is 1. The zero-order valence-corrected chi connectivity index (χ0v) is 22.3. The van der Waals surface area contributed by atoms with E-state index < -0.39 is 42.5 Å². The Balaban J connectivity index is 1.85. The highest BCUT2D eigenvalue weighted by Gasteiger charge is 2.31. The van der Waals surface area contributed by atoms with Crippen LogP contribution in [0.2, 0.25) is 0 Å². The van der Waals surface area contributed by atoms with Gasteiger partial charge in [0.2, 0.25) is 0 Å². The number of halogens is 4. The highest BCUT2D eigenvalue weighted by molar-refractivity contribution is 14.1. The Kier molecular flexibility index (Phi) is 9.85. The van der Waals surface area contributed by atoms with Crippen molar-refractivity contribution in [3.63, 3.8) is 0 Å². The number of alkyl halides is 1. The standard InChI is InChI=1S/C26H28F3IN4O3/c1-13(14-4-6-23(36)21(29)9-14)33-24(25(31)32-2)15-3-5-19(20(28)10-15)26(37)34-22(12-35)16-7-17(27)11-18(30)8-16/h3,5,7-8,10-11,14,21-23,35-36H,1,4,6,9,12H2,2H3,(H2,31,32)(H,34,37)/b33-24-/t14-,21-,22-,23-/m1/s1. The Morgan fingerprint density at radius 3 is 2.59 bits per heavy atom. The number of amidine groups is 1. The summed E-state index contributed by atoms with van der Waals surface area (Å²) in [4.78, 5) is 21.1. The Labute approximate surface area is 226 Å². The van der Waals surface area contributed by atoms with E-state index in [9.17, 15) is 23.8 Å². The Morgan fingerprint density at radius 2 is 2.00 bits per heavy atom. The maximum atomic E-state index is 15.1. The molecule has 7 nitrogen and oxygen atoms in total. The Morgan fingerprint density at radius 1 is 1.27 bits per heavy atom. The summed E-state index contributed by atoms with van der Waals surface area (Å²) in [5.41, 5.74) is 6.70. The average molecular weight is 628 g/mol. The maximum Gasteiger partial charge on any atom is 0.254 e. The van der Waals surface area contributed by atoms with Crippen LogP contribution in [0.15, 0.2) is 58.7 Å². The van der Waals surface area contributed by atoms with Crippen LogP contribution in [0.1, 0.15) is 46.8 Å². The maximum absolute atomic E-state index is 15.1. The molecule has 0 radical (unpaired) electrons. The molecule has 0 unspecified atom stereocenters. The number of rotatable bonds is 8. The molecule has 2 aromatic rings. The fraction of sp³-hybridized carbons (Fsp3) is 0.346. The molecule has 3 rings (SSSR count). The number of aliphatic imine (C=N–C) groups is 2. The molecule has 11 heteroatoms. The van der Waals surface area contributed by atoms with Gasteiger partial charge in [-0.1, -0.05) is 12.6 Å². The van der Waals surface area contributed by atoms with Crippen LogP contribution in [0.4, 0.5) is 13.2 Å². The summed E-state index contributed by atoms with van der Waals surface area (Å²) >= 11 is 1.91. The molecule has 4 atom stereocenters. The predicted molar refractivity (Wildman–Crippen MR) is 144 cm³/mol. The van der Waals surface area contributed by atoms with Gasteiger partial charge in [0, 0.05) is 27.8 Å².